The lowest BCUT2D eigenvalue weighted by Crippen LogP contribution is -2.38. The average Bonchev–Trinajstić information content (AvgIpc) is 2.30. The fourth-order valence-electron chi connectivity index (χ4n) is 2.90. The van der Waals surface area contributed by atoms with Crippen LogP contribution in [0.5, 0.6) is 0 Å². The zero-order chi connectivity index (χ0) is 13.5. The molecule has 2 N–H and O–H groups in total. The summed E-state index contributed by atoms with van der Waals surface area (Å²) in [5.74, 6) is -1.53. The van der Waals surface area contributed by atoms with Gasteiger partial charge in [0, 0.05) is 12.0 Å². The van der Waals surface area contributed by atoms with Gasteiger partial charge in [0.15, 0.2) is 11.6 Å². The van der Waals surface area contributed by atoms with E-state index in [0.717, 1.165) is 19.3 Å². The summed E-state index contributed by atoms with van der Waals surface area (Å²) in [7, 11) is 0. The van der Waals surface area contributed by atoms with Crippen molar-refractivity contribution in [2.75, 3.05) is 0 Å². The van der Waals surface area contributed by atoms with Gasteiger partial charge >= 0.3 is 0 Å². The third-order valence-corrected chi connectivity index (χ3v) is 4.15. The van der Waals surface area contributed by atoms with Crippen molar-refractivity contribution in [3.05, 3.63) is 34.9 Å². The molecular formula is C15H21F2N. The highest BCUT2D eigenvalue weighted by Gasteiger charge is 2.35. The Morgan fingerprint density at radius 2 is 1.89 bits per heavy atom. The lowest BCUT2D eigenvalue weighted by Gasteiger charge is -2.39. The quantitative estimate of drug-likeness (QED) is 0.807. The average molecular weight is 253 g/mol. The summed E-state index contributed by atoms with van der Waals surface area (Å²) in [5, 5.41) is 0. The molecule has 3 heteroatoms. The Morgan fingerprint density at radius 1 is 1.22 bits per heavy atom. The van der Waals surface area contributed by atoms with Crippen molar-refractivity contribution in [3.8, 4) is 0 Å². The van der Waals surface area contributed by atoms with Crippen molar-refractivity contribution in [1.82, 2.24) is 0 Å². The topological polar surface area (TPSA) is 26.0 Å². The zero-order valence-electron chi connectivity index (χ0n) is 11.3. The van der Waals surface area contributed by atoms with Crippen LogP contribution in [0, 0.1) is 24.0 Å². The van der Waals surface area contributed by atoms with E-state index in [1.165, 1.54) is 0 Å². The highest BCUT2D eigenvalue weighted by molar-refractivity contribution is 5.30. The molecule has 100 valence electrons. The molecule has 1 aromatic carbocycles. The van der Waals surface area contributed by atoms with Gasteiger partial charge in [-0.15, -0.1) is 0 Å². The van der Waals surface area contributed by atoms with Gasteiger partial charge in [-0.25, -0.2) is 8.78 Å². The van der Waals surface area contributed by atoms with E-state index in [1.54, 1.807) is 19.1 Å². The van der Waals surface area contributed by atoms with Gasteiger partial charge in [0.25, 0.3) is 0 Å². The molecule has 1 aliphatic rings. The van der Waals surface area contributed by atoms with Gasteiger partial charge in [-0.05, 0) is 42.7 Å². The Morgan fingerprint density at radius 3 is 2.56 bits per heavy atom. The van der Waals surface area contributed by atoms with Gasteiger partial charge in [-0.1, -0.05) is 26.0 Å². The number of hydrogen-bond donors (Lipinski definition) is 1. The van der Waals surface area contributed by atoms with E-state index >= 15 is 0 Å². The lowest BCUT2D eigenvalue weighted by molar-refractivity contribution is 0.195. The van der Waals surface area contributed by atoms with Gasteiger partial charge in [0.05, 0.1) is 0 Å². The van der Waals surface area contributed by atoms with Gasteiger partial charge in [-0.2, -0.15) is 0 Å². The first-order chi connectivity index (χ1) is 8.32. The molecule has 1 saturated carbocycles. The van der Waals surface area contributed by atoms with Crippen molar-refractivity contribution in [2.24, 2.45) is 11.1 Å². The van der Waals surface area contributed by atoms with Crippen LogP contribution in [0.25, 0.3) is 0 Å². The molecule has 2 rings (SSSR count). The molecule has 18 heavy (non-hydrogen) atoms. The van der Waals surface area contributed by atoms with E-state index < -0.39 is 11.6 Å². The Labute approximate surface area is 107 Å². The fraction of sp³-hybridized carbons (Fsp3) is 0.600. The number of hydrogen-bond acceptors (Lipinski definition) is 1. The monoisotopic (exact) mass is 253 g/mol. The van der Waals surface area contributed by atoms with E-state index in [2.05, 4.69) is 13.8 Å². The van der Waals surface area contributed by atoms with Gasteiger partial charge in [0.2, 0.25) is 0 Å². The minimum Gasteiger partial charge on any atom is -0.327 e. The van der Waals surface area contributed by atoms with Gasteiger partial charge < -0.3 is 5.73 Å². The molecule has 2 atom stereocenters. The molecule has 1 nitrogen and oxygen atoms in total. The maximum Gasteiger partial charge on any atom is 0.162 e. The van der Waals surface area contributed by atoms with Gasteiger partial charge in [0.1, 0.15) is 0 Å². The van der Waals surface area contributed by atoms with Crippen molar-refractivity contribution >= 4 is 0 Å². The highest BCUT2D eigenvalue weighted by Crippen LogP contribution is 2.43. The molecule has 0 spiro atoms. The largest absolute Gasteiger partial charge is 0.327 e. The number of nitrogens with two attached hydrogens (primary N) is 1. The van der Waals surface area contributed by atoms with Crippen molar-refractivity contribution in [3.63, 3.8) is 0 Å². The molecule has 0 saturated heterocycles. The standard InChI is InChI=1S/C15H21F2N/c1-9-4-5-10(14(17)13(9)16)11-8-15(2,3)7-6-12(11)18/h4-5,11-12H,6-8,18H2,1-3H3. The molecule has 0 aromatic heterocycles. The Balaban J connectivity index is 2.38. The van der Waals surface area contributed by atoms with E-state index in [4.69, 9.17) is 5.73 Å². The van der Waals surface area contributed by atoms with Gasteiger partial charge in [-0.3, -0.25) is 0 Å². The summed E-state index contributed by atoms with van der Waals surface area (Å²) in [5.41, 5.74) is 7.04. The first-order valence-electron chi connectivity index (χ1n) is 6.52. The van der Waals surface area contributed by atoms with Crippen LogP contribution in [0.2, 0.25) is 0 Å². The second-order valence-electron chi connectivity index (χ2n) is 6.28. The number of benzene rings is 1. The third-order valence-electron chi connectivity index (χ3n) is 4.15. The van der Waals surface area contributed by atoms with Crippen LogP contribution in [0.15, 0.2) is 12.1 Å². The minimum absolute atomic E-state index is 0.0744. The van der Waals surface area contributed by atoms with Crippen molar-refractivity contribution in [1.29, 1.82) is 0 Å². The number of rotatable bonds is 1. The smallest absolute Gasteiger partial charge is 0.162 e. The van der Waals surface area contributed by atoms with E-state index in [-0.39, 0.29) is 17.4 Å². The molecule has 0 bridgehead atoms. The van der Waals surface area contributed by atoms with Crippen LogP contribution in [0.3, 0.4) is 0 Å². The molecule has 1 aliphatic carbocycles. The normalized spacial score (nSPS) is 27.2. The SMILES string of the molecule is Cc1ccc(C2CC(C)(C)CCC2N)c(F)c1F. The summed E-state index contributed by atoms with van der Waals surface area (Å²) >= 11 is 0. The second kappa shape index (κ2) is 4.61. The third kappa shape index (κ3) is 2.41. The minimum atomic E-state index is -0.733. The predicted molar refractivity (Wildman–Crippen MR) is 69.4 cm³/mol. The second-order valence-corrected chi connectivity index (χ2v) is 6.28. The van der Waals surface area contributed by atoms with Crippen molar-refractivity contribution in [2.45, 2.75) is 52.0 Å². The predicted octanol–water partition coefficient (Wildman–Crippen LogP) is 3.89. The maximum atomic E-state index is 14.0. The first-order valence-corrected chi connectivity index (χ1v) is 6.52. The number of aryl methyl sites for hydroxylation is 1. The van der Waals surface area contributed by atoms with Crippen LogP contribution >= 0.6 is 0 Å². The maximum absolute atomic E-state index is 14.0. The van der Waals surface area contributed by atoms with E-state index in [0.29, 0.717) is 11.1 Å². The van der Waals surface area contributed by atoms with Crippen molar-refractivity contribution < 1.29 is 8.78 Å². The van der Waals surface area contributed by atoms with Crippen LogP contribution in [0.1, 0.15) is 50.2 Å². The number of halogens is 2. The lowest BCUT2D eigenvalue weighted by atomic mass is 9.68. The van der Waals surface area contributed by atoms with Crippen LogP contribution in [-0.4, -0.2) is 6.04 Å². The Hall–Kier alpha value is -0.960. The highest BCUT2D eigenvalue weighted by atomic mass is 19.2. The molecule has 0 amide bonds. The van der Waals surface area contributed by atoms with E-state index in [1.807, 2.05) is 0 Å². The molecular weight excluding hydrogens is 232 g/mol. The molecule has 0 radical (unpaired) electrons. The van der Waals surface area contributed by atoms with Crippen LogP contribution in [-0.2, 0) is 0 Å². The molecule has 2 unspecified atom stereocenters. The summed E-state index contributed by atoms with van der Waals surface area (Å²) in [6.45, 7) is 5.90. The molecule has 0 aliphatic heterocycles. The zero-order valence-corrected chi connectivity index (χ0v) is 11.3. The fourth-order valence-corrected chi connectivity index (χ4v) is 2.90. The molecule has 1 aromatic rings. The first kappa shape index (κ1) is 13.5. The van der Waals surface area contributed by atoms with Crippen LogP contribution in [0.4, 0.5) is 8.78 Å². The van der Waals surface area contributed by atoms with E-state index in [9.17, 15) is 8.78 Å². The Kier molecular flexibility index (Phi) is 3.45. The molecule has 0 heterocycles. The molecule has 1 fully saturated rings. The van der Waals surface area contributed by atoms with Crippen LogP contribution < -0.4 is 5.73 Å². The summed E-state index contributed by atoms with van der Waals surface area (Å²) in [6, 6.07) is 3.26. The summed E-state index contributed by atoms with van der Waals surface area (Å²) in [6.07, 6.45) is 2.72. The summed E-state index contributed by atoms with van der Waals surface area (Å²) in [4.78, 5) is 0. The summed E-state index contributed by atoms with van der Waals surface area (Å²) < 4.78 is 27.7. The Bertz CT molecular complexity index is 454.